The van der Waals surface area contributed by atoms with Crippen molar-refractivity contribution in [3.8, 4) is 10.7 Å². The van der Waals surface area contributed by atoms with Gasteiger partial charge in [0, 0.05) is 44.6 Å². The standard InChI is InChI=1S/C22H20N4O2S/c1-14(27)26-12-15(16-5-2-3-6-19(16)26)11-25-9-8-18-17(13-25)22(28)24-21(23-18)20-7-4-10-29-20/h2-7,10,12H,8-9,11,13H2,1H3,(H,23,24,28). The summed E-state index contributed by atoms with van der Waals surface area (Å²) in [5.74, 6) is 0.653. The summed E-state index contributed by atoms with van der Waals surface area (Å²) in [6.45, 7) is 3.64. The van der Waals surface area contributed by atoms with Crippen molar-refractivity contribution in [2.75, 3.05) is 6.54 Å². The molecular formula is C22H20N4O2S. The maximum Gasteiger partial charge on any atom is 0.255 e. The van der Waals surface area contributed by atoms with Crippen LogP contribution in [-0.2, 0) is 19.5 Å². The summed E-state index contributed by atoms with van der Waals surface area (Å²) >= 11 is 1.57. The van der Waals surface area contributed by atoms with E-state index in [9.17, 15) is 9.59 Å². The van der Waals surface area contributed by atoms with Gasteiger partial charge >= 0.3 is 0 Å². The maximum atomic E-state index is 12.7. The second-order valence-electron chi connectivity index (χ2n) is 7.34. The van der Waals surface area contributed by atoms with Crippen LogP contribution < -0.4 is 5.56 Å². The SMILES string of the molecule is CC(=O)n1cc(CN2CCc3nc(-c4cccs4)[nH]c(=O)c3C2)c2ccccc21. The van der Waals surface area contributed by atoms with Crippen molar-refractivity contribution in [1.82, 2.24) is 19.4 Å². The molecule has 1 aromatic carbocycles. The Morgan fingerprint density at radius 2 is 2.10 bits per heavy atom. The highest BCUT2D eigenvalue weighted by Crippen LogP contribution is 2.26. The van der Waals surface area contributed by atoms with Crippen LogP contribution in [0.5, 0.6) is 0 Å². The predicted octanol–water partition coefficient (Wildman–Crippen LogP) is 3.67. The van der Waals surface area contributed by atoms with Gasteiger partial charge in [-0.25, -0.2) is 4.98 Å². The molecule has 0 amide bonds. The van der Waals surface area contributed by atoms with Gasteiger partial charge in [-0.15, -0.1) is 11.3 Å². The summed E-state index contributed by atoms with van der Waals surface area (Å²) in [7, 11) is 0. The van der Waals surface area contributed by atoms with E-state index in [1.807, 2.05) is 48.0 Å². The highest BCUT2D eigenvalue weighted by atomic mass is 32.1. The van der Waals surface area contributed by atoms with Crippen molar-refractivity contribution in [3.63, 3.8) is 0 Å². The van der Waals surface area contributed by atoms with Gasteiger partial charge in [0.25, 0.3) is 5.56 Å². The summed E-state index contributed by atoms with van der Waals surface area (Å²) in [6, 6.07) is 11.9. The summed E-state index contributed by atoms with van der Waals surface area (Å²) in [6.07, 6.45) is 2.66. The van der Waals surface area contributed by atoms with E-state index in [0.717, 1.165) is 45.6 Å². The first kappa shape index (κ1) is 18.0. The summed E-state index contributed by atoms with van der Waals surface area (Å²) < 4.78 is 1.70. The van der Waals surface area contributed by atoms with Crippen molar-refractivity contribution in [3.05, 3.63) is 75.1 Å². The molecule has 146 valence electrons. The van der Waals surface area contributed by atoms with Gasteiger partial charge in [-0.2, -0.15) is 0 Å². The minimum Gasteiger partial charge on any atom is -0.306 e. The Bertz CT molecular complexity index is 1270. The number of fused-ring (bicyclic) bond motifs is 2. The molecule has 0 bridgehead atoms. The first-order chi connectivity index (χ1) is 14.1. The smallest absolute Gasteiger partial charge is 0.255 e. The van der Waals surface area contributed by atoms with Crippen LogP contribution in [0.4, 0.5) is 0 Å². The number of para-hydroxylation sites is 1. The van der Waals surface area contributed by atoms with E-state index >= 15 is 0 Å². The van der Waals surface area contributed by atoms with E-state index in [0.29, 0.717) is 18.9 Å². The second-order valence-corrected chi connectivity index (χ2v) is 8.29. The van der Waals surface area contributed by atoms with Gasteiger partial charge in [-0.1, -0.05) is 24.3 Å². The third-order valence-electron chi connectivity index (χ3n) is 5.43. The van der Waals surface area contributed by atoms with E-state index in [2.05, 4.69) is 9.88 Å². The van der Waals surface area contributed by atoms with Crippen LogP contribution in [0.25, 0.3) is 21.6 Å². The third kappa shape index (κ3) is 3.22. The highest BCUT2D eigenvalue weighted by Gasteiger charge is 2.23. The molecule has 4 heterocycles. The van der Waals surface area contributed by atoms with Crippen molar-refractivity contribution < 1.29 is 4.79 Å². The molecule has 4 aromatic rings. The number of carbonyl (C=O) groups is 1. The number of aromatic amines is 1. The Morgan fingerprint density at radius 1 is 1.24 bits per heavy atom. The Kier molecular flexibility index (Phi) is 4.41. The lowest BCUT2D eigenvalue weighted by molar-refractivity contribution is 0.0941. The first-order valence-electron chi connectivity index (χ1n) is 9.58. The number of hydrogen-bond acceptors (Lipinski definition) is 5. The topological polar surface area (TPSA) is 71.0 Å². The number of thiophene rings is 1. The molecule has 0 radical (unpaired) electrons. The molecule has 0 fully saturated rings. The van der Waals surface area contributed by atoms with Crippen LogP contribution in [0.2, 0.25) is 0 Å². The summed E-state index contributed by atoms with van der Waals surface area (Å²) in [5, 5.41) is 3.06. The highest BCUT2D eigenvalue weighted by molar-refractivity contribution is 7.13. The van der Waals surface area contributed by atoms with Crippen molar-refractivity contribution in [1.29, 1.82) is 0 Å². The van der Waals surface area contributed by atoms with Crippen molar-refractivity contribution >= 4 is 28.1 Å². The zero-order valence-corrected chi connectivity index (χ0v) is 16.8. The average molecular weight is 404 g/mol. The predicted molar refractivity (Wildman–Crippen MR) is 114 cm³/mol. The van der Waals surface area contributed by atoms with Gasteiger partial charge in [0.2, 0.25) is 5.91 Å². The zero-order chi connectivity index (χ0) is 20.0. The van der Waals surface area contributed by atoms with Crippen LogP contribution in [0.1, 0.15) is 28.5 Å². The zero-order valence-electron chi connectivity index (χ0n) is 16.0. The second kappa shape index (κ2) is 7.09. The largest absolute Gasteiger partial charge is 0.306 e. The molecule has 3 aromatic heterocycles. The van der Waals surface area contributed by atoms with E-state index < -0.39 is 0 Å². The van der Waals surface area contributed by atoms with Gasteiger partial charge in [0.15, 0.2) is 5.82 Å². The van der Waals surface area contributed by atoms with Gasteiger partial charge in [-0.05, 0) is 23.1 Å². The molecule has 0 spiro atoms. The minimum absolute atomic E-state index is 0.00168. The number of H-pyrrole nitrogens is 1. The fraction of sp³-hybridized carbons (Fsp3) is 0.227. The Balaban J connectivity index is 1.44. The summed E-state index contributed by atoms with van der Waals surface area (Å²) in [5.41, 5.74) is 3.59. The van der Waals surface area contributed by atoms with Crippen LogP contribution in [-0.4, -0.2) is 31.9 Å². The maximum absolute atomic E-state index is 12.7. The van der Waals surface area contributed by atoms with Crippen LogP contribution >= 0.6 is 11.3 Å². The number of rotatable bonds is 3. The average Bonchev–Trinajstić information content (AvgIpc) is 3.37. The molecule has 1 aliphatic rings. The molecular weight excluding hydrogens is 384 g/mol. The molecule has 0 saturated carbocycles. The summed E-state index contributed by atoms with van der Waals surface area (Å²) in [4.78, 5) is 35.6. The molecule has 1 aliphatic heterocycles. The van der Waals surface area contributed by atoms with Gasteiger partial charge in [0.05, 0.1) is 21.7 Å². The number of nitrogens with zero attached hydrogens (tertiary/aromatic N) is 3. The van der Waals surface area contributed by atoms with Crippen LogP contribution in [0.3, 0.4) is 0 Å². The molecule has 6 nitrogen and oxygen atoms in total. The van der Waals surface area contributed by atoms with Crippen molar-refractivity contribution in [2.24, 2.45) is 0 Å². The Morgan fingerprint density at radius 3 is 2.90 bits per heavy atom. The molecule has 0 aliphatic carbocycles. The first-order valence-corrected chi connectivity index (χ1v) is 10.5. The van der Waals surface area contributed by atoms with Crippen LogP contribution in [0, 0.1) is 0 Å². The Hall–Kier alpha value is -3.03. The quantitative estimate of drug-likeness (QED) is 0.566. The lowest BCUT2D eigenvalue weighted by Gasteiger charge is -2.27. The lowest BCUT2D eigenvalue weighted by Crippen LogP contribution is -2.35. The van der Waals surface area contributed by atoms with Gasteiger partial charge < -0.3 is 4.98 Å². The fourth-order valence-electron chi connectivity index (χ4n) is 4.02. The number of aromatic nitrogens is 3. The lowest BCUT2D eigenvalue weighted by atomic mass is 10.1. The fourth-order valence-corrected chi connectivity index (χ4v) is 4.69. The van der Waals surface area contributed by atoms with E-state index in [1.165, 1.54) is 0 Å². The number of nitrogens with one attached hydrogen (secondary N) is 1. The Labute approximate surface area is 171 Å². The van der Waals surface area contributed by atoms with E-state index in [1.54, 1.807) is 22.8 Å². The number of benzene rings is 1. The van der Waals surface area contributed by atoms with E-state index in [4.69, 9.17) is 4.98 Å². The normalized spacial score (nSPS) is 14.2. The minimum atomic E-state index is -0.0609. The molecule has 5 rings (SSSR count). The van der Waals surface area contributed by atoms with Crippen LogP contribution in [0.15, 0.2) is 52.8 Å². The van der Waals surface area contributed by atoms with E-state index in [-0.39, 0.29) is 11.5 Å². The van der Waals surface area contributed by atoms with Gasteiger partial charge in [0.1, 0.15) is 0 Å². The van der Waals surface area contributed by atoms with Crippen molar-refractivity contribution in [2.45, 2.75) is 26.4 Å². The number of hydrogen-bond donors (Lipinski definition) is 1. The molecule has 7 heteroatoms. The third-order valence-corrected chi connectivity index (χ3v) is 6.31. The number of carbonyl (C=O) groups excluding carboxylic acids is 1. The molecule has 29 heavy (non-hydrogen) atoms. The van der Waals surface area contributed by atoms with Gasteiger partial charge in [-0.3, -0.25) is 19.1 Å². The molecule has 0 unspecified atom stereocenters. The molecule has 1 N–H and O–H groups in total. The molecule has 0 atom stereocenters. The molecule has 0 saturated heterocycles. The monoisotopic (exact) mass is 404 g/mol.